The zero-order chi connectivity index (χ0) is 14.5. The maximum Gasteiger partial charge on any atom is 0.224 e. The van der Waals surface area contributed by atoms with E-state index in [4.69, 9.17) is 0 Å². The number of carbonyl (C=O) groups excluding carboxylic acids is 1. The minimum absolute atomic E-state index is 0.0851. The summed E-state index contributed by atoms with van der Waals surface area (Å²) < 4.78 is 13.5. The highest BCUT2D eigenvalue weighted by Crippen LogP contribution is 2.13. The summed E-state index contributed by atoms with van der Waals surface area (Å²) in [6.07, 6.45) is 2.07. The van der Waals surface area contributed by atoms with Crippen LogP contribution in [0.25, 0.3) is 0 Å². The third-order valence-electron chi connectivity index (χ3n) is 3.93. The van der Waals surface area contributed by atoms with Gasteiger partial charge in [0.25, 0.3) is 0 Å². The molecular weight excluding hydrogens is 255 g/mol. The fourth-order valence-corrected chi connectivity index (χ4v) is 2.65. The molecule has 1 aromatic carbocycles. The Bertz CT molecular complexity index is 454. The molecule has 1 heterocycles. The maximum atomic E-state index is 13.5. The number of rotatable bonds is 4. The number of carbonyl (C=O) groups is 1. The normalized spacial score (nSPS) is 17.4. The van der Waals surface area contributed by atoms with E-state index >= 15 is 0 Å². The van der Waals surface area contributed by atoms with Gasteiger partial charge in [-0.05, 0) is 38.3 Å². The number of hydrogen-bond acceptors (Lipinski definition) is 2. The summed E-state index contributed by atoms with van der Waals surface area (Å²) in [5.41, 5.74) is 0.463. The zero-order valence-electron chi connectivity index (χ0n) is 12.2. The SMILES string of the molecule is CC(C)N1CCC(NC(=O)Cc2ccccc2F)CC1. The van der Waals surface area contributed by atoms with Gasteiger partial charge in [-0.15, -0.1) is 0 Å². The number of benzene rings is 1. The number of likely N-dealkylation sites (tertiary alicyclic amines) is 1. The molecule has 1 aliphatic rings. The van der Waals surface area contributed by atoms with Crippen LogP contribution in [0.15, 0.2) is 24.3 Å². The second kappa shape index (κ2) is 6.84. The molecule has 0 aromatic heterocycles. The van der Waals surface area contributed by atoms with E-state index in [2.05, 4.69) is 24.1 Å². The fraction of sp³-hybridized carbons (Fsp3) is 0.562. The molecule has 0 aliphatic carbocycles. The first-order chi connectivity index (χ1) is 9.56. The van der Waals surface area contributed by atoms with Gasteiger partial charge < -0.3 is 10.2 Å². The van der Waals surface area contributed by atoms with E-state index in [0.29, 0.717) is 11.6 Å². The molecule has 0 saturated carbocycles. The molecule has 4 heteroatoms. The Morgan fingerprint density at radius 1 is 1.35 bits per heavy atom. The predicted octanol–water partition coefficient (Wildman–Crippen LogP) is 2.36. The quantitative estimate of drug-likeness (QED) is 0.917. The van der Waals surface area contributed by atoms with Crippen LogP contribution in [0.3, 0.4) is 0 Å². The van der Waals surface area contributed by atoms with Crippen molar-refractivity contribution in [1.29, 1.82) is 0 Å². The second-order valence-corrected chi connectivity index (χ2v) is 5.74. The predicted molar refractivity (Wildman–Crippen MR) is 78.0 cm³/mol. The lowest BCUT2D eigenvalue weighted by molar-refractivity contribution is -0.121. The summed E-state index contributed by atoms with van der Waals surface area (Å²) in [6.45, 7) is 6.42. The first-order valence-corrected chi connectivity index (χ1v) is 7.33. The van der Waals surface area contributed by atoms with Gasteiger partial charge in [-0.3, -0.25) is 4.79 Å². The molecule has 0 spiro atoms. The van der Waals surface area contributed by atoms with Crippen molar-refractivity contribution in [1.82, 2.24) is 10.2 Å². The van der Waals surface area contributed by atoms with E-state index in [-0.39, 0.29) is 24.2 Å². The standard InChI is InChI=1S/C16H23FN2O/c1-12(2)19-9-7-14(8-10-19)18-16(20)11-13-5-3-4-6-15(13)17/h3-6,12,14H,7-11H2,1-2H3,(H,18,20). The van der Waals surface area contributed by atoms with Gasteiger partial charge in [0.05, 0.1) is 6.42 Å². The molecular formula is C16H23FN2O. The van der Waals surface area contributed by atoms with Crippen LogP contribution in [-0.2, 0) is 11.2 Å². The third-order valence-corrected chi connectivity index (χ3v) is 3.93. The van der Waals surface area contributed by atoms with Crippen molar-refractivity contribution in [2.75, 3.05) is 13.1 Å². The Morgan fingerprint density at radius 2 is 2.00 bits per heavy atom. The highest BCUT2D eigenvalue weighted by Gasteiger charge is 2.22. The molecule has 1 saturated heterocycles. The lowest BCUT2D eigenvalue weighted by Gasteiger charge is -2.34. The fourth-order valence-electron chi connectivity index (χ4n) is 2.65. The molecule has 0 radical (unpaired) electrons. The van der Waals surface area contributed by atoms with E-state index < -0.39 is 0 Å². The minimum Gasteiger partial charge on any atom is -0.353 e. The number of hydrogen-bond donors (Lipinski definition) is 1. The van der Waals surface area contributed by atoms with Crippen LogP contribution in [0.5, 0.6) is 0 Å². The first kappa shape index (κ1) is 15.0. The van der Waals surface area contributed by atoms with Crippen molar-refractivity contribution in [3.05, 3.63) is 35.6 Å². The maximum absolute atomic E-state index is 13.5. The topological polar surface area (TPSA) is 32.3 Å². The van der Waals surface area contributed by atoms with E-state index in [9.17, 15) is 9.18 Å². The van der Waals surface area contributed by atoms with Gasteiger partial charge in [-0.2, -0.15) is 0 Å². The number of nitrogens with zero attached hydrogens (tertiary/aromatic N) is 1. The molecule has 0 unspecified atom stereocenters. The molecule has 1 N–H and O–H groups in total. The van der Waals surface area contributed by atoms with Gasteiger partial charge in [0.1, 0.15) is 5.82 Å². The van der Waals surface area contributed by atoms with Crippen molar-refractivity contribution in [3.8, 4) is 0 Å². The summed E-state index contributed by atoms with van der Waals surface area (Å²) >= 11 is 0. The zero-order valence-corrected chi connectivity index (χ0v) is 12.2. The number of halogens is 1. The molecule has 110 valence electrons. The Kier molecular flexibility index (Phi) is 5.12. The third kappa shape index (κ3) is 4.04. The van der Waals surface area contributed by atoms with Crippen LogP contribution < -0.4 is 5.32 Å². The summed E-state index contributed by atoms with van der Waals surface area (Å²) in [6, 6.07) is 7.24. The first-order valence-electron chi connectivity index (χ1n) is 7.33. The number of nitrogens with one attached hydrogen (secondary N) is 1. The second-order valence-electron chi connectivity index (χ2n) is 5.74. The molecule has 3 nitrogen and oxygen atoms in total. The molecule has 2 rings (SSSR count). The lowest BCUT2D eigenvalue weighted by Crippen LogP contribution is -2.47. The van der Waals surface area contributed by atoms with E-state index in [0.717, 1.165) is 25.9 Å². The molecule has 0 atom stereocenters. The monoisotopic (exact) mass is 278 g/mol. The van der Waals surface area contributed by atoms with Crippen molar-refractivity contribution in [2.24, 2.45) is 0 Å². The Labute approximate surface area is 120 Å². The van der Waals surface area contributed by atoms with Crippen molar-refractivity contribution < 1.29 is 9.18 Å². The largest absolute Gasteiger partial charge is 0.353 e. The Hall–Kier alpha value is -1.42. The van der Waals surface area contributed by atoms with Gasteiger partial charge >= 0.3 is 0 Å². The number of amides is 1. The highest BCUT2D eigenvalue weighted by atomic mass is 19.1. The van der Waals surface area contributed by atoms with Crippen LogP contribution in [0, 0.1) is 5.82 Å². The van der Waals surface area contributed by atoms with Crippen LogP contribution in [0.4, 0.5) is 4.39 Å². The van der Waals surface area contributed by atoms with E-state index in [1.807, 2.05) is 0 Å². The van der Waals surface area contributed by atoms with Gasteiger partial charge in [0.15, 0.2) is 0 Å². The van der Waals surface area contributed by atoms with Gasteiger partial charge in [0, 0.05) is 25.2 Å². The summed E-state index contributed by atoms with van der Waals surface area (Å²) in [7, 11) is 0. The lowest BCUT2D eigenvalue weighted by atomic mass is 10.0. The average molecular weight is 278 g/mol. The van der Waals surface area contributed by atoms with Gasteiger partial charge in [0.2, 0.25) is 5.91 Å². The molecule has 1 amide bonds. The van der Waals surface area contributed by atoms with Crippen molar-refractivity contribution in [3.63, 3.8) is 0 Å². The van der Waals surface area contributed by atoms with E-state index in [1.54, 1.807) is 18.2 Å². The molecule has 1 aliphatic heterocycles. The smallest absolute Gasteiger partial charge is 0.224 e. The minimum atomic E-state index is -0.308. The molecule has 0 bridgehead atoms. The van der Waals surface area contributed by atoms with Crippen LogP contribution in [0.2, 0.25) is 0 Å². The van der Waals surface area contributed by atoms with Crippen molar-refractivity contribution in [2.45, 2.75) is 45.2 Å². The van der Waals surface area contributed by atoms with Crippen LogP contribution >= 0.6 is 0 Å². The Morgan fingerprint density at radius 3 is 2.60 bits per heavy atom. The number of piperidine rings is 1. The Balaban J connectivity index is 1.80. The molecule has 20 heavy (non-hydrogen) atoms. The summed E-state index contributed by atoms with van der Waals surface area (Å²) in [5, 5.41) is 3.02. The van der Waals surface area contributed by atoms with E-state index in [1.165, 1.54) is 6.07 Å². The molecule has 1 fully saturated rings. The van der Waals surface area contributed by atoms with Crippen molar-refractivity contribution >= 4 is 5.91 Å². The highest BCUT2D eigenvalue weighted by molar-refractivity contribution is 5.78. The summed E-state index contributed by atoms with van der Waals surface area (Å²) in [4.78, 5) is 14.4. The van der Waals surface area contributed by atoms with Gasteiger partial charge in [-0.1, -0.05) is 18.2 Å². The van der Waals surface area contributed by atoms with Crippen LogP contribution in [0.1, 0.15) is 32.3 Å². The average Bonchev–Trinajstić information content (AvgIpc) is 2.42. The van der Waals surface area contributed by atoms with Gasteiger partial charge in [-0.25, -0.2) is 4.39 Å². The molecule has 1 aromatic rings. The van der Waals surface area contributed by atoms with Crippen LogP contribution in [-0.4, -0.2) is 36.0 Å². The summed E-state index contributed by atoms with van der Waals surface area (Å²) in [5.74, 6) is -0.393.